The number of alkyl carbamates (subject to hydrolysis) is 1. The van der Waals surface area contributed by atoms with Crippen molar-refractivity contribution in [2.24, 2.45) is 5.41 Å². The molecule has 0 atom stereocenters. The number of hydrogen-bond donors (Lipinski definition) is 3. The maximum atomic E-state index is 12.4. The van der Waals surface area contributed by atoms with Gasteiger partial charge in [0.2, 0.25) is 5.91 Å². The fourth-order valence-corrected chi connectivity index (χ4v) is 5.11. The number of fused-ring (bicyclic) bond motifs is 3. The first-order valence-electron chi connectivity index (χ1n) is 12.2. The molecule has 0 unspecified atom stereocenters. The van der Waals surface area contributed by atoms with Crippen LogP contribution in [0, 0.1) is 5.41 Å². The summed E-state index contributed by atoms with van der Waals surface area (Å²) < 4.78 is 5.50. The Morgan fingerprint density at radius 3 is 2.17 bits per heavy atom. The van der Waals surface area contributed by atoms with E-state index in [1.807, 2.05) is 24.3 Å². The van der Waals surface area contributed by atoms with Crippen molar-refractivity contribution in [3.05, 3.63) is 71.3 Å². The molecule has 2 aliphatic rings. The Bertz CT molecular complexity index is 1090. The topological polar surface area (TPSA) is 105 Å². The van der Waals surface area contributed by atoms with Gasteiger partial charge in [0.05, 0.1) is 5.41 Å². The van der Waals surface area contributed by atoms with Crippen LogP contribution in [0.3, 0.4) is 0 Å². The number of hydrogen-bond acceptors (Lipinski definition) is 4. The molecule has 35 heavy (non-hydrogen) atoms. The maximum absolute atomic E-state index is 12.4. The van der Waals surface area contributed by atoms with Crippen molar-refractivity contribution in [1.29, 1.82) is 0 Å². The van der Waals surface area contributed by atoms with Gasteiger partial charge in [0.15, 0.2) is 0 Å². The Hall–Kier alpha value is -3.61. The Labute approximate surface area is 205 Å². The average Bonchev–Trinajstić information content (AvgIpc) is 3.20. The van der Waals surface area contributed by atoms with E-state index in [4.69, 9.17) is 4.74 Å². The Kier molecular flexibility index (Phi) is 7.54. The first kappa shape index (κ1) is 24.5. The van der Waals surface area contributed by atoms with Gasteiger partial charge in [-0.15, -0.1) is 0 Å². The minimum atomic E-state index is -0.881. The van der Waals surface area contributed by atoms with E-state index < -0.39 is 17.5 Å². The first-order chi connectivity index (χ1) is 16.9. The lowest BCUT2D eigenvalue weighted by Gasteiger charge is -2.33. The van der Waals surface area contributed by atoms with Crippen molar-refractivity contribution in [2.75, 3.05) is 19.7 Å². The van der Waals surface area contributed by atoms with Crippen LogP contribution in [-0.2, 0) is 14.3 Å². The number of carboxylic acids is 1. The third-order valence-corrected chi connectivity index (χ3v) is 7.21. The number of carbonyl (C=O) groups is 3. The summed E-state index contributed by atoms with van der Waals surface area (Å²) in [6.07, 6.45) is 4.96. The number of amides is 2. The van der Waals surface area contributed by atoms with Crippen molar-refractivity contribution >= 4 is 18.0 Å². The van der Waals surface area contributed by atoms with E-state index in [2.05, 4.69) is 34.9 Å². The molecule has 0 heterocycles. The average molecular weight is 477 g/mol. The molecule has 0 aromatic heterocycles. The molecule has 1 saturated carbocycles. The molecule has 1 fully saturated rings. The van der Waals surface area contributed by atoms with E-state index in [-0.39, 0.29) is 31.5 Å². The van der Waals surface area contributed by atoms with E-state index >= 15 is 0 Å². The quantitative estimate of drug-likeness (QED) is 0.482. The predicted molar refractivity (Wildman–Crippen MR) is 133 cm³/mol. The molecule has 7 nitrogen and oxygen atoms in total. The van der Waals surface area contributed by atoms with Crippen LogP contribution >= 0.6 is 0 Å². The van der Waals surface area contributed by atoms with Crippen LogP contribution in [0.1, 0.15) is 56.1 Å². The van der Waals surface area contributed by atoms with E-state index in [9.17, 15) is 19.5 Å². The molecular formula is C28H32N2O5. The Balaban J connectivity index is 1.26. The van der Waals surface area contributed by atoms with Gasteiger partial charge in [-0.3, -0.25) is 9.59 Å². The summed E-state index contributed by atoms with van der Waals surface area (Å²) in [5, 5.41) is 15.1. The number of aliphatic carboxylic acids is 1. The van der Waals surface area contributed by atoms with Crippen LogP contribution in [0.15, 0.2) is 60.2 Å². The van der Waals surface area contributed by atoms with E-state index in [0.717, 1.165) is 30.4 Å². The first-order valence-corrected chi connectivity index (χ1v) is 12.2. The van der Waals surface area contributed by atoms with Gasteiger partial charge in [-0.05, 0) is 42.0 Å². The molecule has 2 aliphatic carbocycles. The lowest BCUT2D eigenvalue weighted by Crippen LogP contribution is -2.44. The molecule has 7 heteroatoms. The Morgan fingerprint density at radius 1 is 0.971 bits per heavy atom. The van der Waals surface area contributed by atoms with Crippen LogP contribution in [-0.4, -0.2) is 42.8 Å². The van der Waals surface area contributed by atoms with Crippen molar-refractivity contribution in [1.82, 2.24) is 10.6 Å². The molecule has 0 bridgehead atoms. The number of ether oxygens (including phenoxy) is 1. The third kappa shape index (κ3) is 5.39. The van der Waals surface area contributed by atoms with Crippen molar-refractivity contribution in [3.8, 4) is 11.1 Å². The fourth-order valence-electron chi connectivity index (χ4n) is 5.11. The summed E-state index contributed by atoms with van der Waals surface area (Å²) in [5.41, 5.74) is 4.16. The standard InChI is InChI=1S/C28H32N2O5/c1-19(25(31)30-18-28(26(32)33)14-7-2-8-15-28)13-16-29-27(34)35-17-24-22-11-5-3-9-20(22)21-10-4-6-12-23(21)24/h3-6,9-13,24H,2,7-8,14-18H2,1H3,(H,29,34)(H,30,31)(H,32,33)/b19-13+. The zero-order valence-corrected chi connectivity index (χ0v) is 20.0. The molecule has 3 N–H and O–H groups in total. The van der Waals surface area contributed by atoms with Gasteiger partial charge < -0.3 is 20.5 Å². The highest BCUT2D eigenvalue weighted by atomic mass is 16.5. The van der Waals surface area contributed by atoms with E-state index in [0.29, 0.717) is 18.4 Å². The van der Waals surface area contributed by atoms with Crippen LogP contribution < -0.4 is 10.6 Å². The van der Waals surface area contributed by atoms with Gasteiger partial charge in [-0.25, -0.2) is 4.79 Å². The summed E-state index contributed by atoms with van der Waals surface area (Å²) in [6, 6.07) is 16.3. The van der Waals surface area contributed by atoms with Crippen molar-refractivity contribution < 1.29 is 24.2 Å². The maximum Gasteiger partial charge on any atom is 0.407 e. The molecule has 2 aromatic rings. The highest BCUT2D eigenvalue weighted by molar-refractivity contribution is 5.93. The van der Waals surface area contributed by atoms with Gasteiger partial charge in [0.1, 0.15) is 6.61 Å². The number of rotatable bonds is 8. The van der Waals surface area contributed by atoms with Gasteiger partial charge in [-0.2, -0.15) is 0 Å². The molecule has 2 aromatic carbocycles. The zero-order chi connectivity index (χ0) is 24.8. The molecular weight excluding hydrogens is 444 g/mol. The van der Waals surface area contributed by atoms with Crippen LogP contribution in [0.25, 0.3) is 11.1 Å². The van der Waals surface area contributed by atoms with Gasteiger partial charge >= 0.3 is 12.1 Å². The summed E-state index contributed by atoms with van der Waals surface area (Å²) in [5.74, 6) is -1.20. The minimum absolute atomic E-state index is 0.0162. The second-order valence-corrected chi connectivity index (χ2v) is 9.42. The van der Waals surface area contributed by atoms with Crippen LogP contribution in [0.4, 0.5) is 4.79 Å². The highest BCUT2D eigenvalue weighted by Gasteiger charge is 2.39. The Morgan fingerprint density at radius 2 is 1.57 bits per heavy atom. The normalized spacial score (nSPS) is 16.7. The van der Waals surface area contributed by atoms with Gasteiger partial charge in [0, 0.05) is 24.6 Å². The molecule has 0 aliphatic heterocycles. The lowest BCUT2D eigenvalue weighted by molar-refractivity contribution is -0.150. The zero-order valence-electron chi connectivity index (χ0n) is 20.0. The van der Waals surface area contributed by atoms with Crippen molar-refractivity contribution in [3.63, 3.8) is 0 Å². The van der Waals surface area contributed by atoms with Gasteiger partial charge in [0.25, 0.3) is 0 Å². The van der Waals surface area contributed by atoms with Crippen LogP contribution in [0.5, 0.6) is 0 Å². The van der Waals surface area contributed by atoms with E-state index in [1.54, 1.807) is 13.0 Å². The minimum Gasteiger partial charge on any atom is -0.481 e. The van der Waals surface area contributed by atoms with Crippen LogP contribution in [0.2, 0.25) is 0 Å². The molecule has 0 saturated heterocycles. The smallest absolute Gasteiger partial charge is 0.407 e. The SMILES string of the molecule is C/C(=C\CNC(=O)OCC1c2ccccc2-c2ccccc21)C(=O)NCC1(C(=O)O)CCCCC1. The monoisotopic (exact) mass is 476 g/mol. The summed E-state index contributed by atoms with van der Waals surface area (Å²) >= 11 is 0. The number of benzene rings is 2. The second-order valence-electron chi connectivity index (χ2n) is 9.42. The molecule has 0 radical (unpaired) electrons. The summed E-state index contributed by atoms with van der Waals surface area (Å²) in [7, 11) is 0. The summed E-state index contributed by atoms with van der Waals surface area (Å²) in [6.45, 7) is 2.12. The summed E-state index contributed by atoms with van der Waals surface area (Å²) in [4.78, 5) is 36.5. The number of nitrogens with one attached hydrogen (secondary N) is 2. The third-order valence-electron chi connectivity index (χ3n) is 7.21. The van der Waals surface area contributed by atoms with Crippen molar-refractivity contribution in [2.45, 2.75) is 44.9 Å². The van der Waals surface area contributed by atoms with E-state index in [1.165, 1.54) is 11.1 Å². The molecule has 0 spiro atoms. The highest BCUT2D eigenvalue weighted by Crippen LogP contribution is 2.44. The molecule has 2 amide bonds. The second kappa shape index (κ2) is 10.8. The number of carbonyl (C=O) groups excluding carboxylic acids is 2. The van der Waals surface area contributed by atoms with Gasteiger partial charge in [-0.1, -0.05) is 73.9 Å². The fraction of sp³-hybridized carbons (Fsp3) is 0.393. The lowest BCUT2D eigenvalue weighted by atomic mass is 9.74. The number of carboxylic acid groups (broad SMARTS) is 1. The predicted octanol–water partition coefficient (Wildman–Crippen LogP) is 4.62. The molecule has 4 rings (SSSR count). The largest absolute Gasteiger partial charge is 0.481 e. The molecule has 184 valence electrons.